The average molecular weight is 361 g/mol. The lowest BCUT2D eigenvalue weighted by atomic mass is 10.2. The van der Waals surface area contributed by atoms with Gasteiger partial charge >= 0.3 is 6.18 Å². The first kappa shape index (κ1) is 19.2. The zero-order chi connectivity index (χ0) is 16.8. The van der Waals surface area contributed by atoms with E-state index in [9.17, 15) is 21.6 Å². The van der Waals surface area contributed by atoms with E-state index < -0.39 is 26.7 Å². The van der Waals surface area contributed by atoms with Crippen LogP contribution in [0, 0.1) is 0 Å². The van der Waals surface area contributed by atoms with Crippen molar-refractivity contribution in [3.8, 4) is 0 Å². The largest absolute Gasteiger partial charge is 0.416 e. The van der Waals surface area contributed by atoms with Crippen molar-refractivity contribution in [1.82, 2.24) is 10.0 Å². The van der Waals surface area contributed by atoms with E-state index in [0.717, 1.165) is 6.07 Å². The molecule has 0 aromatic heterocycles. The maximum Gasteiger partial charge on any atom is 0.416 e. The SMILES string of the molecule is COCCNCCNS(=O)(=O)c1cc(Cl)cc(C(F)(F)F)c1. The van der Waals surface area contributed by atoms with E-state index in [4.69, 9.17) is 16.3 Å². The summed E-state index contributed by atoms with van der Waals surface area (Å²) in [5, 5.41) is 2.60. The minimum atomic E-state index is -4.67. The lowest BCUT2D eigenvalue weighted by Crippen LogP contribution is -2.33. The van der Waals surface area contributed by atoms with Crippen molar-refractivity contribution < 1.29 is 26.3 Å². The molecule has 2 N–H and O–H groups in total. The van der Waals surface area contributed by atoms with Crippen molar-refractivity contribution in [2.45, 2.75) is 11.1 Å². The van der Waals surface area contributed by atoms with Gasteiger partial charge < -0.3 is 10.1 Å². The fourth-order valence-corrected chi connectivity index (χ4v) is 2.94. The molecule has 1 aromatic carbocycles. The standard InChI is InChI=1S/C12H16ClF3N2O3S/c1-21-5-4-17-2-3-18-22(19,20)11-7-9(12(14,15)16)6-10(13)8-11/h6-8,17-18H,2-5H2,1H3. The second-order valence-electron chi connectivity index (χ2n) is 4.31. The van der Waals surface area contributed by atoms with Crippen molar-refractivity contribution in [2.75, 3.05) is 33.4 Å². The van der Waals surface area contributed by atoms with E-state index in [-0.39, 0.29) is 11.6 Å². The number of methoxy groups -OCH3 is 1. The van der Waals surface area contributed by atoms with Gasteiger partial charge in [0.05, 0.1) is 17.1 Å². The Morgan fingerprint density at radius 1 is 1.18 bits per heavy atom. The Hall–Kier alpha value is -0.870. The Bertz CT molecular complexity index is 594. The molecule has 0 radical (unpaired) electrons. The number of rotatable bonds is 8. The Morgan fingerprint density at radius 2 is 1.86 bits per heavy atom. The highest BCUT2D eigenvalue weighted by molar-refractivity contribution is 7.89. The van der Waals surface area contributed by atoms with E-state index in [2.05, 4.69) is 10.0 Å². The fourth-order valence-electron chi connectivity index (χ4n) is 1.54. The van der Waals surface area contributed by atoms with Crippen molar-refractivity contribution in [1.29, 1.82) is 0 Å². The van der Waals surface area contributed by atoms with Gasteiger partial charge in [0.2, 0.25) is 10.0 Å². The number of hydrogen-bond acceptors (Lipinski definition) is 4. The normalized spacial score (nSPS) is 12.6. The van der Waals surface area contributed by atoms with Crippen molar-refractivity contribution in [3.63, 3.8) is 0 Å². The molecular weight excluding hydrogens is 345 g/mol. The van der Waals surface area contributed by atoms with Crippen LogP contribution in [-0.2, 0) is 20.9 Å². The molecule has 0 aliphatic rings. The van der Waals surface area contributed by atoms with E-state index in [0.29, 0.717) is 31.8 Å². The predicted molar refractivity (Wildman–Crippen MR) is 76.4 cm³/mol. The summed E-state index contributed by atoms with van der Waals surface area (Å²) in [7, 11) is -2.53. The molecule has 0 atom stereocenters. The Morgan fingerprint density at radius 3 is 2.45 bits per heavy atom. The summed E-state index contributed by atoms with van der Waals surface area (Å²) in [6.45, 7) is 1.35. The first-order chi connectivity index (χ1) is 10.2. The van der Waals surface area contributed by atoms with Crippen LogP contribution in [0.25, 0.3) is 0 Å². The van der Waals surface area contributed by atoms with Gasteiger partial charge in [0, 0.05) is 31.8 Å². The molecule has 126 valence electrons. The number of nitrogens with one attached hydrogen (secondary N) is 2. The first-order valence-electron chi connectivity index (χ1n) is 6.24. The van der Waals surface area contributed by atoms with Gasteiger partial charge in [-0.3, -0.25) is 0 Å². The van der Waals surface area contributed by atoms with E-state index in [1.807, 2.05) is 0 Å². The molecule has 0 saturated heterocycles. The molecule has 0 aliphatic heterocycles. The van der Waals surface area contributed by atoms with Gasteiger partial charge in [-0.15, -0.1) is 0 Å². The number of hydrogen-bond donors (Lipinski definition) is 2. The van der Waals surface area contributed by atoms with Gasteiger partial charge in [0.25, 0.3) is 0 Å². The molecule has 0 aliphatic carbocycles. The molecule has 1 rings (SSSR count). The Balaban J connectivity index is 2.75. The number of halogens is 4. The smallest absolute Gasteiger partial charge is 0.383 e. The molecule has 0 heterocycles. The van der Waals surface area contributed by atoms with Crippen LogP contribution < -0.4 is 10.0 Å². The van der Waals surface area contributed by atoms with Crippen LogP contribution in [0.4, 0.5) is 13.2 Å². The lowest BCUT2D eigenvalue weighted by Gasteiger charge is -2.11. The summed E-state index contributed by atoms with van der Waals surface area (Å²) in [5.41, 5.74) is -1.11. The number of alkyl halides is 3. The quantitative estimate of drug-likeness (QED) is 0.695. The molecule has 0 spiro atoms. The van der Waals surface area contributed by atoms with E-state index >= 15 is 0 Å². The van der Waals surface area contributed by atoms with Crippen molar-refractivity contribution >= 4 is 21.6 Å². The van der Waals surface area contributed by atoms with E-state index in [1.165, 1.54) is 7.11 Å². The summed E-state index contributed by atoms with van der Waals surface area (Å²) < 4.78 is 68.9. The number of benzene rings is 1. The van der Waals surface area contributed by atoms with Gasteiger partial charge in [-0.05, 0) is 18.2 Å². The molecule has 10 heteroatoms. The maximum atomic E-state index is 12.7. The van der Waals surface area contributed by atoms with Crippen molar-refractivity contribution in [3.05, 3.63) is 28.8 Å². The Labute approximate surface area is 131 Å². The van der Waals surface area contributed by atoms with Gasteiger partial charge in [-0.1, -0.05) is 11.6 Å². The summed E-state index contributed by atoms with van der Waals surface area (Å²) in [6, 6.07) is 2.19. The van der Waals surface area contributed by atoms with Crippen LogP contribution in [0.15, 0.2) is 23.1 Å². The fraction of sp³-hybridized carbons (Fsp3) is 0.500. The molecular formula is C12H16ClF3N2O3S. The third-order valence-corrected chi connectivity index (χ3v) is 4.24. The third-order valence-electron chi connectivity index (χ3n) is 2.59. The van der Waals surface area contributed by atoms with Gasteiger partial charge in [0.1, 0.15) is 0 Å². The summed E-state index contributed by atoms with van der Waals surface area (Å²) in [4.78, 5) is -0.524. The van der Waals surface area contributed by atoms with Crippen LogP contribution in [0.5, 0.6) is 0 Å². The zero-order valence-electron chi connectivity index (χ0n) is 11.7. The highest BCUT2D eigenvalue weighted by Gasteiger charge is 2.32. The van der Waals surface area contributed by atoms with Crippen LogP contribution in [0.3, 0.4) is 0 Å². The maximum absolute atomic E-state index is 12.7. The molecule has 0 saturated carbocycles. The van der Waals surface area contributed by atoms with Gasteiger partial charge in [-0.25, -0.2) is 13.1 Å². The zero-order valence-corrected chi connectivity index (χ0v) is 13.3. The molecule has 5 nitrogen and oxygen atoms in total. The van der Waals surface area contributed by atoms with Gasteiger partial charge in [0.15, 0.2) is 0 Å². The summed E-state index contributed by atoms with van der Waals surface area (Å²) >= 11 is 5.56. The van der Waals surface area contributed by atoms with Crippen LogP contribution in [-0.4, -0.2) is 41.8 Å². The topological polar surface area (TPSA) is 67.4 Å². The van der Waals surface area contributed by atoms with Crippen LogP contribution in [0.2, 0.25) is 5.02 Å². The van der Waals surface area contributed by atoms with Crippen LogP contribution in [0.1, 0.15) is 5.56 Å². The monoisotopic (exact) mass is 360 g/mol. The predicted octanol–water partition coefficient (Wildman–Crippen LogP) is 1.87. The molecule has 0 bridgehead atoms. The second-order valence-corrected chi connectivity index (χ2v) is 6.52. The number of ether oxygens (including phenoxy) is 1. The third kappa shape index (κ3) is 6.09. The minimum Gasteiger partial charge on any atom is -0.383 e. The first-order valence-corrected chi connectivity index (χ1v) is 8.10. The second kappa shape index (κ2) is 8.11. The molecule has 22 heavy (non-hydrogen) atoms. The molecule has 0 amide bonds. The highest BCUT2D eigenvalue weighted by atomic mass is 35.5. The van der Waals surface area contributed by atoms with Gasteiger partial charge in [-0.2, -0.15) is 13.2 Å². The lowest BCUT2D eigenvalue weighted by molar-refractivity contribution is -0.137. The van der Waals surface area contributed by atoms with E-state index in [1.54, 1.807) is 0 Å². The molecule has 0 fully saturated rings. The number of sulfonamides is 1. The molecule has 1 aromatic rings. The summed E-state index contributed by atoms with van der Waals surface area (Å²) in [5.74, 6) is 0. The van der Waals surface area contributed by atoms with Crippen molar-refractivity contribution in [2.24, 2.45) is 0 Å². The van der Waals surface area contributed by atoms with Crippen LogP contribution >= 0.6 is 11.6 Å². The summed E-state index contributed by atoms with van der Waals surface area (Å²) in [6.07, 6.45) is -4.67. The minimum absolute atomic E-state index is 0.0277. The Kier molecular flexibility index (Phi) is 7.07. The average Bonchev–Trinajstić information content (AvgIpc) is 2.41. The molecule has 0 unspecified atom stereocenters. The highest BCUT2D eigenvalue weighted by Crippen LogP contribution is 2.32.